The summed E-state index contributed by atoms with van der Waals surface area (Å²) in [6.07, 6.45) is 1.79. The molecule has 0 saturated carbocycles. The summed E-state index contributed by atoms with van der Waals surface area (Å²) in [5, 5.41) is 3.64. The van der Waals surface area contributed by atoms with Crippen molar-refractivity contribution < 1.29 is 0 Å². The molecule has 5 heteroatoms. The van der Waals surface area contributed by atoms with Crippen molar-refractivity contribution >= 4 is 0 Å². The monoisotopic (exact) mass is 189 g/mol. The molecule has 1 saturated heterocycles. The number of pyridine rings is 1. The van der Waals surface area contributed by atoms with Gasteiger partial charge in [0.25, 0.3) is 0 Å². The maximum atomic E-state index is 8.21. The second kappa shape index (κ2) is 4.09. The SMILES string of the molecule is [N-]=[N+]=NC1CN(Cc2ccccn2)C1. The van der Waals surface area contributed by atoms with E-state index < -0.39 is 0 Å². The topological polar surface area (TPSA) is 64.9 Å². The van der Waals surface area contributed by atoms with Crippen molar-refractivity contribution in [3.8, 4) is 0 Å². The molecule has 1 aliphatic rings. The lowest BCUT2D eigenvalue weighted by atomic mass is 10.1. The van der Waals surface area contributed by atoms with Crippen molar-refractivity contribution in [1.29, 1.82) is 0 Å². The molecule has 0 radical (unpaired) electrons. The largest absolute Gasteiger partial charge is 0.297 e. The van der Waals surface area contributed by atoms with E-state index in [2.05, 4.69) is 19.9 Å². The van der Waals surface area contributed by atoms with Gasteiger partial charge in [0.05, 0.1) is 11.7 Å². The smallest absolute Gasteiger partial charge is 0.0628 e. The first-order chi connectivity index (χ1) is 6.88. The fraction of sp³-hybridized carbons (Fsp3) is 0.444. The molecule has 2 rings (SSSR count). The fourth-order valence-electron chi connectivity index (χ4n) is 1.54. The van der Waals surface area contributed by atoms with Crippen molar-refractivity contribution in [3.63, 3.8) is 0 Å². The second-order valence-electron chi connectivity index (χ2n) is 3.37. The van der Waals surface area contributed by atoms with E-state index in [1.165, 1.54) is 0 Å². The molecular formula is C9H11N5. The highest BCUT2D eigenvalue weighted by Crippen LogP contribution is 2.14. The van der Waals surface area contributed by atoms with E-state index in [-0.39, 0.29) is 6.04 Å². The molecular weight excluding hydrogens is 178 g/mol. The Kier molecular flexibility index (Phi) is 2.62. The molecule has 0 N–H and O–H groups in total. The second-order valence-corrected chi connectivity index (χ2v) is 3.37. The maximum Gasteiger partial charge on any atom is 0.0628 e. The lowest BCUT2D eigenvalue weighted by Gasteiger charge is -2.36. The molecule has 2 heterocycles. The van der Waals surface area contributed by atoms with Gasteiger partial charge in [-0.3, -0.25) is 9.88 Å². The third kappa shape index (κ3) is 2.02. The Labute approximate surface area is 82.0 Å². The Morgan fingerprint density at radius 2 is 2.43 bits per heavy atom. The Bertz CT molecular complexity index is 337. The molecule has 0 aliphatic carbocycles. The molecule has 0 aromatic carbocycles. The molecule has 1 aliphatic heterocycles. The van der Waals surface area contributed by atoms with Gasteiger partial charge in [-0.05, 0) is 17.7 Å². The van der Waals surface area contributed by atoms with Crippen LogP contribution in [0.1, 0.15) is 5.69 Å². The molecule has 1 aromatic heterocycles. The highest BCUT2D eigenvalue weighted by Gasteiger charge is 2.25. The van der Waals surface area contributed by atoms with E-state index in [1.807, 2.05) is 18.2 Å². The van der Waals surface area contributed by atoms with Crippen molar-refractivity contribution in [3.05, 3.63) is 40.5 Å². The molecule has 0 spiro atoms. The van der Waals surface area contributed by atoms with Gasteiger partial charge in [-0.25, -0.2) is 0 Å². The number of aromatic nitrogens is 1. The predicted molar refractivity (Wildman–Crippen MR) is 52.4 cm³/mol. The van der Waals surface area contributed by atoms with E-state index in [4.69, 9.17) is 5.53 Å². The summed E-state index contributed by atoms with van der Waals surface area (Å²) >= 11 is 0. The lowest BCUT2D eigenvalue weighted by molar-refractivity contribution is 0.141. The number of azide groups is 1. The molecule has 0 bridgehead atoms. The molecule has 0 unspecified atom stereocenters. The lowest BCUT2D eigenvalue weighted by Crippen LogP contribution is -2.48. The Balaban J connectivity index is 1.82. The summed E-state index contributed by atoms with van der Waals surface area (Å²) in [5.74, 6) is 0. The maximum absolute atomic E-state index is 8.21. The van der Waals surface area contributed by atoms with E-state index in [9.17, 15) is 0 Å². The zero-order valence-corrected chi connectivity index (χ0v) is 7.74. The third-order valence-corrected chi connectivity index (χ3v) is 2.26. The van der Waals surface area contributed by atoms with Gasteiger partial charge in [-0.15, -0.1) is 0 Å². The summed E-state index contributed by atoms with van der Waals surface area (Å²) in [6, 6.07) is 6.04. The fourth-order valence-corrected chi connectivity index (χ4v) is 1.54. The van der Waals surface area contributed by atoms with Gasteiger partial charge in [-0.1, -0.05) is 11.2 Å². The Morgan fingerprint density at radius 1 is 1.57 bits per heavy atom. The summed E-state index contributed by atoms with van der Waals surface area (Å²) in [5.41, 5.74) is 9.27. The highest BCUT2D eigenvalue weighted by molar-refractivity contribution is 5.04. The normalized spacial score (nSPS) is 17.1. The van der Waals surface area contributed by atoms with E-state index in [0.29, 0.717) is 0 Å². The highest BCUT2D eigenvalue weighted by atomic mass is 15.3. The summed E-state index contributed by atoms with van der Waals surface area (Å²) in [7, 11) is 0. The molecule has 0 amide bonds. The first kappa shape index (κ1) is 8.99. The standard InChI is InChI=1S/C9H11N5/c10-13-12-9-6-14(7-9)5-8-3-1-2-4-11-8/h1-4,9H,5-7H2. The van der Waals surface area contributed by atoms with Crippen LogP contribution in [0.4, 0.5) is 0 Å². The molecule has 1 aromatic rings. The van der Waals surface area contributed by atoms with Crippen LogP contribution in [0.15, 0.2) is 29.5 Å². The summed E-state index contributed by atoms with van der Waals surface area (Å²) in [4.78, 5) is 9.22. The third-order valence-electron chi connectivity index (χ3n) is 2.26. The van der Waals surface area contributed by atoms with Crippen LogP contribution in [-0.2, 0) is 6.54 Å². The van der Waals surface area contributed by atoms with Crippen LogP contribution in [0.3, 0.4) is 0 Å². The van der Waals surface area contributed by atoms with Crippen LogP contribution in [-0.4, -0.2) is 29.0 Å². The van der Waals surface area contributed by atoms with Crippen LogP contribution in [0.2, 0.25) is 0 Å². The Morgan fingerprint density at radius 3 is 3.07 bits per heavy atom. The average Bonchev–Trinajstić information content (AvgIpc) is 2.16. The van der Waals surface area contributed by atoms with Gasteiger partial charge < -0.3 is 0 Å². The van der Waals surface area contributed by atoms with Gasteiger partial charge in [-0.2, -0.15) is 0 Å². The zero-order chi connectivity index (χ0) is 9.80. The van der Waals surface area contributed by atoms with E-state index in [0.717, 1.165) is 25.3 Å². The summed E-state index contributed by atoms with van der Waals surface area (Å²) in [6.45, 7) is 2.54. The number of likely N-dealkylation sites (tertiary alicyclic amines) is 1. The van der Waals surface area contributed by atoms with Crippen LogP contribution in [0, 0.1) is 0 Å². The minimum absolute atomic E-state index is 0.156. The van der Waals surface area contributed by atoms with E-state index in [1.54, 1.807) is 6.20 Å². The molecule has 0 atom stereocenters. The first-order valence-corrected chi connectivity index (χ1v) is 4.55. The molecule has 5 nitrogen and oxygen atoms in total. The van der Waals surface area contributed by atoms with Crippen molar-refractivity contribution in [1.82, 2.24) is 9.88 Å². The minimum Gasteiger partial charge on any atom is -0.297 e. The zero-order valence-electron chi connectivity index (χ0n) is 7.74. The van der Waals surface area contributed by atoms with Crippen molar-refractivity contribution in [2.75, 3.05) is 13.1 Å². The van der Waals surface area contributed by atoms with Crippen molar-refractivity contribution in [2.24, 2.45) is 5.11 Å². The van der Waals surface area contributed by atoms with Gasteiger partial charge in [0.2, 0.25) is 0 Å². The van der Waals surface area contributed by atoms with Gasteiger partial charge in [0.1, 0.15) is 0 Å². The number of hydrogen-bond acceptors (Lipinski definition) is 3. The number of hydrogen-bond donors (Lipinski definition) is 0. The first-order valence-electron chi connectivity index (χ1n) is 4.55. The van der Waals surface area contributed by atoms with Crippen LogP contribution >= 0.6 is 0 Å². The number of rotatable bonds is 3. The van der Waals surface area contributed by atoms with Gasteiger partial charge >= 0.3 is 0 Å². The molecule has 72 valence electrons. The quantitative estimate of drug-likeness (QED) is 0.411. The average molecular weight is 189 g/mol. The van der Waals surface area contributed by atoms with Crippen molar-refractivity contribution in [2.45, 2.75) is 12.6 Å². The number of nitrogens with zero attached hydrogens (tertiary/aromatic N) is 5. The Hall–Kier alpha value is -1.58. The molecule has 14 heavy (non-hydrogen) atoms. The van der Waals surface area contributed by atoms with Gasteiger partial charge in [0, 0.05) is 30.7 Å². The minimum atomic E-state index is 0.156. The molecule has 1 fully saturated rings. The van der Waals surface area contributed by atoms with Gasteiger partial charge in [0.15, 0.2) is 0 Å². The van der Waals surface area contributed by atoms with Crippen LogP contribution < -0.4 is 0 Å². The van der Waals surface area contributed by atoms with Crippen LogP contribution in [0.25, 0.3) is 10.4 Å². The van der Waals surface area contributed by atoms with E-state index >= 15 is 0 Å². The van der Waals surface area contributed by atoms with Crippen LogP contribution in [0.5, 0.6) is 0 Å². The summed E-state index contributed by atoms with van der Waals surface area (Å²) < 4.78 is 0. The predicted octanol–water partition coefficient (Wildman–Crippen LogP) is 1.58.